The van der Waals surface area contributed by atoms with Gasteiger partial charge >= 0.3 is 0 Å². The second-order valence-corrected chi connectivity index (χ2v) is 8.74. The summed E-state index contributed by atoms with van der Waals surface area (Å²) in [5.41, 5.74) is 1.22. The van der Waals surface area contributed by atoms with Crippen molar-refractivity contribution in [3.8, 4) is 0 Å². The van der Waals surface area contributed by atoms with Crippen molar-refractivity contribution in [1.29, 1.82) is 0 Å². The molecule has 1 aromatic heterocycles. The van der Waals surface area contributed by atoms with E-state index in [1.165, 1.54) is 4.90 Å². The zero-order valence-electron chi connectivity index (χ0n) is 13.9. The Balaban J connectivity index is 1.94. The number of rotatable bonds is 6. The molecule has 0 bridgehead atoms. The number of anilines is 1. The highest BCUT2D eigenvalue weighted by Crippen LogP contribution is 2.18. The molecule has 1 unspecified atom stereocenters. The van der Waals surface area contributed by atoms with E-state index in [4.69, 9.17) is 0 Å². The molecule has 1 N–H and O–H groups in total. The summed E-state index contributed by atoms with van der Waals surface area (Å²) < 4.78 is 23.1. The van der Waals surface area contributed by atoms with E-state index in [-0.39, 0.29) is 23.5 Å². The topological polar surface area (TPSA) is 79.4 Å². The molecular formula is C16H25N3O3S. The minimum Gasteiger partial charge on any atom is -0.384 e. The van der Waals surface area contributed by atoms with Crippen LogP contribution >= 0.6 is 0 Å². The summed E-state index contributed by atoms with van der Waals surface area (Å²) in [6, 6.07) is 3.26. The summed E-state index contributed by atoms with van der Waals surface area (Å²) in [5.74, 6) is 0.597. The molecule has 1 aliphatic heterocycles. The van der Waals surface area contributed by atoms with Gasteiger partial charge < -0.3 is 10.2 Å². The van der Waals surface area contributed by atoms with Crippen LogP contribution in [0, 0.1) is 5.92 Å². The van der Waals surface area contributed by atoms with Crippen LogP contribution in [0.4, 0.5) is 5.69 Å². The molecule has 1 aliphatic rings. The Labute approximate surface area is 138 Å². The van der Waals surface area contributed by atoms with Crippen LogP contribution in [0.25, 0.3) is 0 Å². The van der Waals surface area contributed by atoms with Gasteiger partial charge in [0.25, 0.3) is 5.91 Å². The fourth-order valence-corrected chi connectivity index (χ4v) is 4.33. The lowest BCUT2D eigenvalue weighted by atomic mass is 10.1. The Bertz CT molecular complexity index is 641. The monoisotopic (exact) mass is 339 g/mol. The number of nitrogens with one attached hydrogen (secondary N) is 1. The van der Waals surface area contributed by atoms with Gasteiger partial charge in [0.05, 0.1) is 23.4 Å². The largest absolute Gasteiger partial charge is 0.384 e. The molecule has 23 heavy (non-hydrogen) atoms. The maximum Gasteiger partial charge on any atom is 0.272 e. The molecule has 6 nitrogen and oxygen atoms in total. The normalized spacial score (nSPS) is 19.7. The van der Waals surface area contributed by atoms with Crippen LogP contribution in [0.2, 0.25) is 0 Å². The van der Waals surface area contributed by atoms with Gasteiger partial charge in [-0.05, 0) is 30.9 Å². The number of amides is 1. The molecule has 0 saturated carbocycles. The van der Waals surface area contributed by atoms with Gasteiger partial charge in [0.1, 0.15) is 5.69 Å². The molecule has 1 amide bonds. The maximum atomic E-state index is 12.4. The van der Waals surface area contributed by atoms with Crippen molar-refractivity contribution >= 4 is 21.4 Å². The van der Waals surface area contributed by atoms with Crippen molar-refractivity contribution in [2.45, 2.75) is 32.7 Å². The molecule has 2 rings (SSSR count). The number of hydrogen-bond donors (Lipinski definition) is 1. The number of aromatic nitrogens is 1. The first kappa shape index (κ1) is 17.7. The van der Waals surface area contributed by atoms with Gasteiger partial charge in [-0.3, -0.25) is 4.79 Å². The third-order valence-corrected chi connectivity index (χ3v) is 5.86. The van der Waals surface area contributed by atoms with Gasteiger partial charge in [0, 0.05) is 19.6 Å². The van der Waals surface area contributed by atoms with Crippen LogP contribution in [-0.4, -0.2) is 55.3 Å². The van der Waals surface area contributed by atoms with Crippen molar-refractivity contribution < 1.29 is 13.2 Å². The maximum absolute atomic E-state index is 12.4. The van der Waals surface area contributed by atoms with Gasteiger partial charge in [-0.2, -0.15) is 0 Å². The van der Waals surface area contributed by atoms with Gasteiger partial charge in [0.15, 0.2) is 9.84 Å². The lowest BCUT2D eigenvalue weighted by Crippen LogP contribution is -2.38. The first-order valence-corrected chi connectivity index (χ1v) is 9.78. The highest BCUT2D eigenvalue weighted by Gasteiger charge is 2.33. The molecule has 0 radical (unpaired) electrons. The summed E-state index contributed by atoms with van der Waals surface area (Å²) in [6.45, 7) is 5.20. The number of pyridine rings is 1. The van der Waals surface area contributed by atoms with Crippen molar-refractivity contribution in [2.75, 3.05) is 30.4 Å². The molecule has 0 aliphatic carbocycles. The highest BCUT2D eigenvalue weighted by atomic mass is 32.2. The minimum atomic E-state index is -3.00. The highest BCUT2D eigenvalue weighted by molar-refractivity contribution is 7.91. The smallest absolute Gasteiger partial charge is 0.272 e. The van der Waals surface area contributed by atoms with Crippen molar-refractivity contribution in [3.63, 3.8) is 0 Å². The third-order valence-electron chi connectivity index (χ3n) is 4.11. The average molecular weight is 339 g/mol. The van der Waals surface area contributed by atoms with Crippen LogP contribution < -0.4 is 5.32 Å². The first-order chi connectivity index (χ1) is 10.8. The molecule has 7 heteroatoms. The van der Waals surface area contributed by atoms with Crippen LogP contribution in [0.1, 0.15) is 37.2 Å². The first-order valence-electron chi connectivity index (χ1n) is 7.96. The van der Waals surface area contributed by atoms with E-state index >= 15 is 0 Å². The van der Waals surface area contributed by atoms with E-state index in [9.17, 15) is 13.2 Å². The van der Waals surface area contributed by atoms with E-state index in [1.807, 2.05) is 6.07 Å². The van der Waals surface area contributed by atoms with E-state index in [0.717, 1.165) is 18.7 Å². The molecular weight excluding hydrogens is 314 g/mol. The molecule has 0 aromatic carbocycles. The van der Waals surface area contributed by atoms with Gasteiger partial charge in [-0.15, -0.1) is 0 Å². The lowest BCUT2D eigenvalue weighted by molar-refractivity contribution is 0.0742. The van der Waals surface area contributed by atoms with Crippen LogP contribution in [0.3, 0.4) is 0 Å². The quantitative estimate of drug-likeness (QED) is 0.855. The van der Waals surface area contributed by atoms with E-state index in [0.29, 0.717) is 18.0 Å². The molecule has 1 atom stereocenters. The van der Waals surface area contributed by atoms with Crippen molar-refractivity contribution in [2.24, 2.45) is 5.92 Å². The average Bonchev–Trinajstić information content (AvgIpc) is 2.86. The van der Waals surface area contributed by atoms with Crippen LogP contribution in [-0.2, 0) is 9.84 Å². The second-order valence-electron chi connectivity index (χ2n) is 6.51. The fraction of sp³-hybridized carbons (Fsp3) is 0.625. The zero-order chi connectivity index (χ0) is 17.0. The minimum absolute atomic E-state index is 0.0457. The fourth-order valence-electron chi connectivity index (χ4n) is 2.56. The Hall–Kier alpha value is -1.63. The number of nitrogens with zero attached hydrogens (tertiary/aromatic N) is 2. The number of carbonyl (C=O) groups excluding carboxylic acids is 1. The second kappa shape index (κ2) is 7.29. The molecule has 0 spiro atoms. The van der Waals surface area contributed by atoms with E-state index in [2.05, 4.69) is 24.1 Å². The lowest BCUT2D eigenvalue weighted by Gasteiger charge is -2.23. The van der Waals surface area contributed by atoms with Gasteiger partial charge in [-0.25, -0.2) is 13.4 Å². The Morgan fingerprint density at radius 3 is 2.70 bits per heavy atom. The van der Waals surface area contributed by atoms with Crippen molar-refractivity contribution in [3.05, 3.63) is 24.0 Å². The Morgan fingerprint density at radius 2 is 2.17 bits per heavy atom. The molecule has 1 saturated heterocycles. The Morgan fingerprint density at radius 1 is 1.43 bits per heavy atom. The summed E-state index contributed by atoms with van der Waals surface area (Å²) in [6.07, 6.45) is 3.21. The van der Waals surface area contributed by atoms with Crippen LogP contribution in [0.15, 0.2) is 18.3 Å². The van der Waals surface area contributed by atoms with Crippen LogP contribution in [0.5, 0.6) is 0 Å². The predicted molar refractivity (Wildman–Crippen MR) is 91.3 cm³/mol. The third kappa shape index (κ3) is 4.92. The summed E-state index contributed by atoms with van der Waals surface area (Å²) in [5, 5.41) is 3.27. The standard InChI is InChI=1S/C16H25N3O3S/c1-12(2)6-8-17-13-4-5-15(18-10-13)16(20)19(3)14-7-9-23(21,22)11-14/h4-5,10,12,14,17H,6-9,11H2,1-3H3. The number of hydrogen-bond acceptors (Lipinski definition) is 5. The molecule has 1 fully saturated rings. The number of carbonyl (C=O) groups is 1. The van der Waals surface area contributed by atoms with E-state index in [1.54, 1.807) is 19.3 Å². The summed E-state index contributed by atoms with van der Waals surface area (Å²) in [4.78, 5) is 18.1. The zero-order valence-corrected chi connectivity index (χ0v) is 14.8. The SMILES string of the molecule is CC(C)CCNc1ccc(C(=O)N(C)C2CCS(=O)(=O)C2)nc1. The molecule has 2 heterocycles. The summed E-state index contributed by atoms with van der Waals surface area (Å²) >= 11 is 0. The van der Waals surface area contributed by atoms with E-state index < -0.39 is 9.84 Å². The molecule has 1 aromatic rings. The molecule has 128 valence electrons. The Kier molecular flexibility index (Phi) is 5.62. The number of sulfone groups is 1. The predicted octanol–water partition coefficient (Wildman–Crippen LogP) is 1.80. The van der Waals surface area contributed by atoms with Gasteiger partial charge in [0.2, 0.25) is 0 Å². The summed E-state index contributed by atoms with van der Waals surface area (Å²) in [7, 11) is -1.36. The van der Waals surface area contributed by atoms with Gasteiger partial charge in [-0.1, -0.05) is 13.8 Å². The van der Waals surface area contributed by atoms with Crippen molar-refractivity contribution in [1.82, 2.24) is 9.88 Å².